The third-order valence-corrected chi connectivity index (χ3v) is 2.96. The van der Waals surface area contributed by atoms with Gasteiger partial charge in [-0.1, -0.05) is 0 Å². The minimum Gasteiger partial charge on any atom is -0.497 e. The van der Waals surface area contributed by atoms with E-state index in [1.54, 1.807) is 30.0 Å². The normalized spacial score (nSPS) is 10.1. The molecule has 98 valence electrons. The van der Waals surface area contributed by atoms with Crippen molar-refractivity contribution < 1.29 is 9.47 Å². The Morgan fingerprint density at radius 2 is 2.05 bits per heavy atom. The smallest absolute Gasteiger partial charge is 0.171 e. The molecule has 5 nitrogen and oxygen atoms in total. The number of methoxy groups -OCH3 is 1. The highest BCUT2D eigenvalue weighted by Gasteiger charge is 2.14. The second kappa shape index (κ2) is 5.02. The van der Waals surface area contributed by atoms with Gasteiger partial charge in [0.1, 0.15) is 23.3 Å². The van der Waals surface area contributed by atoms with E-state index in [-0.39, 0.29) is 0 Å². The minimum atomic E-state index is 0.462. The predicted octanol–water partition coefficient (Wildman–Crippen LogP) is 2.71. The van der Waals surface area contributed by atoms with Crippen LogP contribution in [-0.2, 0) is 7.05 Å². The fourth-order valence-corrected chi connectivity index (χ4v) is 1.82. The van der Waals surface area contributed by atoms with Gasteiger partial charge in [0.2, 0.25) is 0 Å². The summed E-state index contributed by atoms with van der Waals surface area (Å²) in [5, 5.41) is 13.4. The lowest BCUT2D eigenvalue weighted by Gasteiger charge is -2.09. The molecule has 0 atom stereocenters. The Bertz CT molecular complexity index is 653. The molecular weight excluding hydrogens is 242 g/mol. The van der Waals surface area contributed by atoms with E-state index in [1.807, 2.05) is 20.9 Å². The van der Waals surface area contributed by atoms with E-state index in [0.29, 0.717) is 22.8 Å². The lowest BCUT2D eigenvalue weighted by atomic mass is 10.2. The number of nitriles is 1. The van der Waals surface area contributed by atoms with E-state index in [9.17, 15) is 0 Å². The summed E-state index contributed by atoms with van der Waals surface area (Å²) in [7, 11) is 3.43. The second-order valence-corrected chi connectivity index (χ2v) is 4.20. The van der Waals surface area contributed by atoms with Crippen LogP contribution >= 0.6 is 0 Å². The van der Waals surface area contributed by atoms with E-state index >= 15 is 0 Å². The zero-order valence-corrected chi connectivity index (χ0v) is 11.4. The Morgan fingerprint density at radius 1 is 1.32 bits per heavy atom. The third-order valence-electron chi connectivity index (χ3n) is 2.96. The van der Waals surface area contributed by atoms with E-state index in [4.69, 9.17) is 14.7 Å². The molecule has 1 aromatic heterocycles. The zero-order valence-electron chi connectivity index (χ0n) is 11.4. The first-order valence-corrected chi connectivity index (χ1v) is 5.83. The van der Waals surface area contributed by atoms with Crippen LogP contribution in [0.15, 0.2) is 18.2 Å². The lowest BCUT2D eigenvalue weighted by molar-refractivity contribution is 0.408. The van der Waals surface area contributed by atoms with Crippen molar-refractivity contribution in [3.8, 4) is 23.3 Å². The molecule has 0 saturated carbocycles. The number of rotatable bonds is 3. The highest BCUT2D eigenvalue weighted by Crippen LogP contribution is 2.32. The predicted molar refractivity (Wildman–Crippen MR) is 70.5 cm³/mol. The molecule has 0 fully saturated rings. The first-order chi connectivity index (χ1) is 9.06. The summed E-state index contributed by atoms with van der Waals surface area (Å²) < 4.78 is 12.7. The summed E-state index contributed by atoms with van der Waals surface area (Å²) in [5.74, 6) is 1.79. The summed E-state index contributed by atoms with van der Waals surface area (Å²) in [6.07, 6.45) is 0. The number of aryl methyl sites for hydroxylation is 2. The van der Waals surface area contributed by atoms with Gasteiger partial charge in [0.25, 0.3) is 0 Å². The molecule has 1 aromatic carbocycles. The quantitative estimate of drug-likeness (QED) is 0.848. The van der Waals surface area contributed by atoms with Gasteiger partial charge in [0.15, 0.2) is 5.75 Å². The number of ether oxygens (including phenoxy) is 2. The molecule has 2 aromatic rings. The van der Waals surface area contributed by atoms with Crippen LogP contribution in [-0.4, -0.2) is 16.9 Å². The molecule has 0 spiro atoms. The molecule has 0 saturated heterocycles. The highest BCUT2D eigenvalue weighted by atomic mass is 16.5. The Hall–Kier alpha value is -2.48. The maximum Gasteiger partial charge on any atom is 0.171 e. The van der Waals surface area contributed by atoms with Crippen molar-refractivity contribution in [1.82, 2.24) is 9.78 Å². The molecule has 0 aliphatic carbocycles. The van der Waals surface area contributed by atoms with Crippen LogP contribution in [0.1, 0.15) is 17.0 Å². The van der Waals surface area contributed by atoms with Gasteiger partial charge in [0, 0.05) is 13.1 Å². The third kappa shape index (κ3) is 2.38. The standard InChI is InChI=1S/C14H15N3O2/c1-9-14(10(2)17(3)16-9)19-13-7-12(18-4)6-5-11(13)8-15/h5-7H,1-4H3. The molecule has 1 heterocycles. The van der Waals surface area contributed by atoms with Crippen LogP contribution in [0, 0.1) is 25.2 Å². The molecular formula is C14H15N3O2. The van der Waals surface area contributed by atoms with E-state index in [0.717, 1.165) is 11.4 Å². The zero-order chi connectivity index (χ0) is 14.0. The summed E-state index contributed by atoms with van der Waals surface area (Å²) >= 11 is 0. The maximum absolute atomic E-state index is 9.11. The average Bonchev–Trinajstić information content (AvgIpc) is 2.65. The van der Waals surface area contributed by atoms with E-state index in [1.165, 1.54) is 0 Å². The van der Waals surface area contributed by atoms with Crippen molar-refractivity contribution in [3.05, 3.63) is 35.2 Å². The second-order valence-electron chi connectivity index (χ2n) is 4.20. The molecule has 0 radical (unpaired) electrons. The van der Waals surface area contributed by atoms with E-state index in [2.05, 4.69) is 11.2 Å². The Kier molecular flexibility index (Phi) is 3.43. The molecule has 19 heavy (non-hydrogen) atoms. The van der Waals surface area contributed by atoms with Crippen molar-refractivity contribution in [3.63, 3.8) is 0 Å². The van der Waals surface area contributed by atoms with E-state index < -0.39 is 0 Å². The Labute approximate surface area is 112 Å². The van der Waals surface area contributed by atoms with Crippen LogP contribution in [0.2, 0.25) is 0 Å². The average molecular weight is 257 g/mol. The van der Waals surface area contributed by atoms with Gasteiger partial charge in [0.05, 0.1) is 18.4 Å². The summed E-state index contributed by atoms with van der Waals surface area (Å²) in [6.45, 7) is 3.79. The number of nitrogens with zero attached hydrogens (tertiary/aromatic N) is 3. The number of hydrogen-bond donors (Lipinski definition) is 0. The largest absolute Gasteiger partial charge is 0.497 e. The monoisotopic (exact) mass is 257 g/mol. The molecule has 0 unspecified atom stereocenters. The minimum absolute atomic E-state index is 0.462. The van der Waals surface area contributed by atoms with Crippen LogP contribution in [0.5, 0.6) is 17.2 Å². The molecule has 5 heteroatoms. The van der Waals surface area contributed by atoms with Crippen LogP contribution in [0.3, 0.4) is 0 Å². The Balaban J connectivity index is 2.45. The molecule has 0 bridgehead atoms. The van der Waals surface area contributed by atoms with Crippen molar-refractivity contribution in [2.45, 2.75) is 13.8 Å². The number of benzene rings is 1. The van der Waals surface area contributed by atoms with Gasteiger partial charge in [-0.05, 0) is 26.0 Å². The van der Waals surface area contributed by atoms with Crippen molar-refractivity contribution in [1.29, 1.82) is 5.26 Å². The van der Waals surface area contributed by atoms with Gasteiger partial charge in [-0.25, -0.2) is 0 Å². The van der Waals surface area contributed by atoms with Crippen molar-refractivity contribution in [2.24, 2.45) is 7.05 Å². The molecule has 0 amide bonds. The maximum atomic E-state index is 9.11. The van der Waals surface area contributed by atoms with Gasteiger partial charge >= 0.3 is 0 Å². The van der Waals surface area contributed by atoms with Gasteiger partial charge in [-0.2, -0.15) is 10.4 Å². The summed E-state index contributed by atoms with van der Waals surface area (Å²) in [5.41, 5.74) is 2.15. The van der Waals surface area contributed by atoms with Crippen molar-refractivity contribution >= 4 is 0 Å². The summed E-state index contributed by atoms with van der Waals surface area (Å²) in [4.78, 5) is 0. The number of hydrogen-bond acceptors (Lipinski definition) is 4. The SMILES string of the molecule is COc1ccc(C#N)c(Oc2c(C)nn(C)c2C)c1. The van der Waals surface area contributed by atoms with Crippen LogP contribution in [0.25, 0.3) is 0 Å². The van der Waals surface area contributed by atoms with Crippen LogP contribution in [0.4, 0.5) is 0 Å². The van der Waals surface area contributed by atoms with Gasteiger partial charge in [-0.3, -0.25) is 4.68 Å². The fourth-order valence-electron chi connectivity index (χ4n) is 1.82. The first-order valence-electron chi connectivity index (χ1n) is 5.83. The van der Waals surface area contributed by atoms with Gasteiger partial charge < -0.3 is 9.47 Å². The molecule has 0 N–H and O–H groups in total. The Morgan fingerprint density at radius 3 is 2.58 bits per heavy atom. The first kappa shape index (κ1) is 13.0. The molecule has 0 aliphatic rings. The fraction of sp³-hybridized carbons (Fsp3) is 0.286. The number of aromatic nitrogens is 2. The highest BCUT2D eigenvalue weighted by molar-refractivity contribution is 5.50. The molecule has 0 aliphatic heterocycles. The summed E-state index contributed by atoms with van der Waals surface area (Å²) in [6, 6.07) is 7.21. The van der Waals surface area contributed by atoms with Gasteiger partial charge in [-0.15, -0.1) is 0 Å². The van der Waals surface area contributed by atoms with Crippen molar-refractivity contribution in [2.75, 3.05) is 7.11 Å². The lowest BCUT2D eigenvalue weighted by Crippen LogP contribution is -1.94. The molecule has 2 rings (SSSR count). The topological polar surface area (TPSA) is 60.1 Å². The van der Waals surface area contributed by atoms with Crippen LogP contribution < -0.4 is 9.47 Å².